The average Bonchev–Trinajstić information content (AvgIpc) is 2.83. The molecule has 0 saturated carbocycles. The number of carboxylic acid groups (broad SMARTS) is 1. The first-order valence-corrected chi connectivity index (χ1v) is 10.6. The molecule has 0 aliphatic heterocycles. The van der Waals surface area contributed by atoms with Crippen LogP contribution in [0.2, 0.25) is 0 Å². The molecule has 0 spiro atoms. The minimum Gasteiger partial charge on any atom is -0.496 e. The van der Waals surface area contributed by atoms with Gasteiger partial charge < -0.3 is 25.0 Å². The molecular weight excluding hydrogens is 443 g/mol. The molecule has 0 radical (unpaired) electrons. The van der Waals surface area contributed by atoms with Gasteiger partial charge in [-0.1, -0.05) is 40.2 Å². The number of carboxylic acids is 1. The normalized spacial score (nSPS) is 23.4. The van der Waals surface area contributed by atoms with Gasteiger partial charge in [-0.3, -0.25) is 4.79 Å². The van der Waals surface area contributed by atoms with Gasteiger partial charge in [0.1, 0.15) is 34.5 Å². The molecule has 2 aliphatic carbocycles. The Bertz CT molecular complexity index is 1170. The van der Waals surface area contributed by atoms with E-state index in [9.17, 15) is 20.3 Å². The van der Waals surface area contributed by atoms with E-state index in [2.05, 4.69) is 10.3 Å². The second-order valence-corrected chi connectivity index (χ2v) is 8.17. The molecule has 8 nitrogen and oxygen atoms in total. The van der Waals surface area contributed by atoms with Crippen LogP contribution < -0.4 is 9.47 Å². The first-order chi connectivity index (χ1) is 16.3. The van der Waals surface area contributed by atoms with Crippen LogP contribution in [-0.4, -0.2) is 53.3 Å². The summed E-state index contributed by atoms with van der Waals surface area (Å²) in [7, 11) is 2.65. The largest absolute Gasteiger partial charge is 0.496 e. The van der Waals surface area contributed by atoms with Crippen molar-refractivity contribution in [2.24, 2.45) is 10.3 Å². The summed E-state index contributed by atoms with van der Waals surface area (Å²) in [5, 5.41) is 36.0. The second-order valence-electron chi connectivity index (χ2n) is 8.17. The van der Waals surface area contributed by atoms with Crippen molar-refractivity contribution in [3.8, 4) is 11.5 Å². The third-order valence-electron chi connectivity index (χ3n) is 5.97. The van der Waals surface area contributed by atoms with Crippen molar-refractivity contribution in [3.63, 3.8) is 0 Å². The van der Waals surface area contributed by atoms with Crippen LogP contribution in [-0.2, 0) is 10.2 Å². The SMILES string of the molecule is COc1cc(C2(C(=O)O)C=CC=C(CCC=C(C)C)C2F)c(OC)c2c1C(=NO)C=CC2=NO. The van der Waals surface area contributed by atoms with Gasteiger partial charge in [-0.25, -0.2) is 4.39 Å². The van der Waals surface area contributed by atoms with Crippen molar-refractivity contribution in [2.45, 2.75) is 38.3 Å². The number of aliphatic carboxylic acids is 1. The molecule has 2 atom stereocenters. The Morgan fingerprint density at radius 1 is 1.15 bits per heavy atom. The lowest BCUT2D eigenvalue weighted by Gasteiger charge is -2.36. The summed E-state index contributed by atoms with van der Waals surface area (Å²) >= 11 is 0. The quantitative estimate of drug-likeness (QED) is 0.306. The smallest absolute Gasteiger partial charge is 0.321 e. The van der Waals surface area contributed by atoms with Crippen LogP contribution in [0.5, 0.6) is 11.5 Å². The molecule has 34 heavy (non-hydrogen) atoms. The molecule has 0 heterocycles. The minimum atomic E-state index is -2.14. The fraction of sp³-hybridized carbons (Fsp3) is 0.320. The first kappa shape index (κ1) is 24.8. The Hall–Kier alpha value is -3.88. The van der Waals surface area contributed by atoms with E-state index in [1.165, 1.54) is 44.6 Å². The summed E-state index contributed by atoms with van der Waals surface area (Å²) in [4.78, 5) is 12.7. The van der Waals surface area contributed by atoms with Gasteiger partial charge in [-0.15, -0.1) is 0 Å². The molecule has 0 aromatic heterocycles. The number of halogens is 1. The highest BCUT2D eigenvalue weighted by atomic mass is 19.1. The minimum absolute atomic E-state index is 0.00876. The molecule has 2 aliphatic rings. The highest BCUT2D eigenvalue weighted by Crippen LogP contribution is 2.48. The summed E-state index contributed by atoms with van der Waals surface area (Å²) in [6, 6.07) is 1.36. The van der Waals surface area contributed by atoms with Crippen LogP contribution in [0, 0.1) is 0 Å². The zero-order valence-corrected chi connectivity index (χ0v) is 19.4. The number of hydrogen-bond donors (Lipinski definition) is 3. The van der Waals surface area contributed by atoms with Crippen molar-refractivity contribution in [1.82, 2.24) is 0 Å². The number of hydrogen-bond acceptors (Lipinski definition) is 7. The van der Waals surface area contributed by atoms with E-state index in [-0.39, 0.29) is 39.6 Å². The molecule has 2 unspecified atom stereocenters. The van der Waals surface area contributed by atoms with Crippen LogP contribution >= 0.6 is 0 Å². The fourth-order valence-corrected chi connectivity index (χ4v) is 4.35. The molecule has 0 amide bonds. The van der Waals surface area contributed by atoms with Crippen molar-refractivity contribution in [2.75, 3.05) is 14.2 Å². The maximum atomic E-state index is 16.2. The number of allylic oxidation sites excluding steroid dienone is 7. The maximum Gasteiger partial charge on any atom is 0.321 e. The summed E-state index contributed by atoms with van der Waals surface area (Å²) in [6.45, 7) is 3.87. The van der Waals surface area contributed by atoms with E-state index in [0.717, 1.165) is 5.57 Å². The molecule has 0 saturated heterocycles. The van der Waals surface area contributed by atoms with E-state index >= 15 is 4.39 Å². The Kier molecular flexibility index (Phi) is 7.24. The average molecular weight is 470 g/mol. The van der Waals surface area contributed by atoms with Crippen LogP contribution in [0.25, 0.3) is 0 Å². The van der Waals surface area contributed by atoms with Gasteiger partial charge in [0.2, 0.25) is 0 Å². The van der Waals surface area contributed by atoms with E-state index in [1.807, 2.05) is 19.9 Å². The van der Waals surface area contributed by atoms with Crippen molar-refractivity contribution in [3.05, 3.63) is 70.4 Å². The molecule has 3 N–H and O–H groups in total. The van der Waals surface area contributed by atoms with E-state index in [0.29, 0.717) is 18.4 Å². The Morgan fingerprint density at radius 2 is 1.79 bits per heavy atom. The van der Waals surface area contributed by atoms with Gasteiger partial charge >= 0.3 is 5.97 Å². The van der Waals surface area contributed by atoms with Crippen LogP contribution in [0.4, 0.5) is 4.39 Å². The van der Waals surface area contributed by atoms with Crippen LogP contribution in [0.3, 0.4) is 0 Å². The number of nitrogens with zero attached hydrogens (tertiary/aromatic N) is 2. The molecule has 0 bridgehead atoms. The van der Waals surface area contributed by atoms with Gasteiger partial charge in [0, 0.05) is 5.56 Å². The van der Waals surface area contributed by atoms with Crippen molar-refractivity contribution >= 4 is 17.4 Å². The number of ether oxygens (including phenoxy) is 2. The Balaban J connectivity index is 2.31. The summed E-state index contributed by atoms with van der Waals surface area (Å²) in [5.41, 5.74) is -0.328. The lowest BCUT2D eigenvalue weighted by atomic mass is 9.69. The second kappa shape index (κ2) is 9.94. The van der Waals surface area contributed by atoms with E-state index < -0.39 is 17.6 Å². The zero-order chi connectivity index (χ0) is 25.0. The molecule has 1 aromatic carbocycles. The molecule has 3 rings (SSSR count). The van der Waals surface area contributed by atoms with Crippen LogP contribution in [0.15, 0.2) is 64.0 Å². The number of oxime groups is 2. The topological polar surface area (TPSA) is 121 Å². The summed E-state index contributed by atoms with van der Waals surface area (Å²) in [5.74, 6) is -1.35. The molecule has 9 heteroatoms. The Labute approximate surface area is 196 Å². The number of benzene rings is 1. The van der Waals surface area contributed by atoms with Crippen molar-refractivity contribution in [1.29, 1.82) is 0 Å². The zero-order valence-electron chi connectivity index (χ0n) is 19.4. The molecular formula is C25H27FN2O6. The highest BCUT2D eigenvalue weighted by molar-refractivity contribution is 6.27. The van der Waals surface area contributed by atoms with E-state index in [1.54, 1.807) is 6.08 Å². The maximum absolute atomic E-state index is 16.2. The van der Waals surface area contributed by atoms with Gasteiger partial charge in [0.25, 0.3) is 0 Å². The summed E-state index contributed by atoms with van der Waals surface area (Å²) in [6.07, 6.45) is 8.11. The van der Waals surface area contributed by atoms with Gasteiger partial charge in [-0.05, 0) is 50.5 Å². The highest BCUT2D eigenvalue weighted by Gasteiger charge is 2.52. The third kappa shape index (κ3) is 3.98. The number of methoxy groups -OCH3 is 2. The first-order valence-electron chi connectivity index (χ1n) is 10.6. The predicted octanol–water partition coefficient (Wildman–Crippen LogP) is 4.53. The number of rotatable bonds is 7. The van der Waals surface area contributed by atoms with Gasteiger partial charge in [0.15, 0.2) is 0 Å². The van der Waals surface area contributed by atoms with Gasteiger partial charge in [-0.2, -0.15) is 0 Å². The predicted molar refractivity (Wildman–Crippen MR) is 125 cm³/mol. The number of fused-ring (bicyclic) bond motifs is 1. The number of alkyl halides is 1. The van der Waals surface area contributed by atoms with Gasteiger partial charge in [0.05, 0.1) is 25.3 Å². The van der Waals surface area contributed by atoms with Crippen molar-refractivity contribution < 1.29 is 34.2 Å². The van der Waals surface area contributed by atoms with E-state index in [4.69, 9.17) is 9.47 Å². The monoisotopic (exact) mass is 470 g/mol. The molecule has 0 fully saturated rings. The summed E-state index contributed by atoms with van der Waals surface area (Å²) < 4.78 is 27.2. The third-order valence-corrected chi connectivity index (χ3v) is 5.97. The Morgan fingerprint density at radius 3 is 2.32 bits per heavy atom. The number of carbonyl (C=O) groups is 1. The fourth-order valence-electron chi connectivity index (χ4n) is 4.35. The lowest BCUT2D eigenvalue weighted by molar-refractivity contribution is -0.143. The molecule has 180 valence electrons. The lowest BCUT2D eigenvalue weighted by Crippen LogP contribution is -2.45. The van der Waals surface area contributed by atoms with Crippen LogP contribution in [0.1, 0.15) is 43.4 Å². The standard InChI is InChI=1S/C25H27FN2O6/c1-14(2)7-5-8-15-9-6-12-25(23(15)26,24(29)30)16-13-19(33-3)20-17(27-31)10-11-18(28-32)21(20)22(16)34-4/h6-7,9-13,23,31-32H,5,8H2,1-4H3,(H,29,30). The molecule has 1 aromatic rings.